The highest BCUT2D eigenvalue weighted by atomic mass is 79.9. The Labute approximate surface area is 195 Å². The Hall–Kier alpha value is -2.67. The number of ether oxygens (including phenoxy) is 1. The van der Waals surface area contributed by atoms with E-state index in [-0.39, 0.29) is 24.1 Å². The van der Waals surface area contributed by atoms with Crippen LogP contribution in [0.5, 0.6) is 0 Å². The molecule has 1 saturated heterocycles. The maximum absolute atomic E-state index is 13.7. The molecule has 2 aliphatic heterocycles. The lowest BCUT2D eigenvalue weighted by molar-refractivity contribution is -0.129. The summed E-state index contributed by atoms with van der Waals surface area (Å²) < 4.78 is 21.6. The Morgan fingerprint density at radius 3 is 2.66 bits per heavy atom. The number of cyclic esters (lactones) is 1. The molecule has 0 spiro atoms. The van der Waals surface area contributed by atoms with Crippen molar-refractivity contribution in [1.82, 2.24) is 9.47 Å². The molecule has 3 heterocycles. The van der Waals surface area contributed by atoms with E-state index in [1.807, 2.05) is 24.3 Å². The zero-order chi connectivity index (χ0) is 22.7. The third-order valence-electron chi connectivity index (χ3n) is 5.97. The monoisotopic (exact) mass is 500 g/mol. The number of rotatable bonds is 2. The van der Waals surface area contributed by atoms with Crippen LogP contribution in [-0.2, 0) is 16.1 Å². The molecule has 2 aliphatic rings. The molecule has 1 aromatic heterocycles. The summed E-state index contributed by atoms with van der Waals surface area (Å²) in [6.45, 7) is 3.63. The van der Waals surface area contributed by atoms with Gasteiger partial charge in [-0.2, -0.15) is 0 Å². The number of fused-ring (bicyclic) bond motifs is 3. The zero-order valence-corrected chi connectivity index (χ0v) is 19.6. The first-order valence-electron chi connectivity index (χ1n) is 10.9. The molecule has 2 aromatic carbocycles. The highest BCUT2D eigenvalue weighted by molar-refractivity contribution is 9.10. The molecular weight excluding hydrogens is 475 g/mol. The van der Waals surface area contributed by atoms with Crippen molar-refractivity contribution in [3.63, 3.8) is 0 Å². The summed E-state index contributed by atoms with van der Waals surface area (Å²) in [4.78, 5) is 25.8. The van der Waals surface area contributed by atoms with E-state index in [9.17, 15) is 14.0 Å². The van der Waals surface area contributed by atoms with E-state index >= 15 is 0 Å². The van der Waals surface area contributed by atoms with Crippen LogP contribution in [0.1, 0.15) is 42.9 Å². The average Bonchev–Trinajstić information content (AvgIpc) is 3.24. The Bertz CT molecular complexity index is 1130. The zero-order valence-electron chi connectivity index (χ0n) is 18.0. The highest BCUT2D eigenvalue weighted by Crippen LogP contribution is 2.39. The van der Waals surface area contributed by atoms with Crippen LogP contribution in [-0.4, -0.2) is 34.6 Å². The standard InChI is InChI=1S/C18H18BrFN2O3.C7H8/c19-14-8-12(20)9-16-13(14)10-15-11(3-5-21(15)16)7-17(23)22-4-1-2-6-25-18(22)24;1-7-5-3-2-4-6-7/h8-11H,1-7H2;2-6H,1H3. The Morgan fingerprint density at radius 1 is 1.16 bits per heavy atom. The lowest BCUT2D eigenvalue weighted by Gasteiger charge is -2.19. The largest absolute Gasteiger partial charge is 0.449 e. The van der Waals surface area contributed by atoms with Crippen molar-refractivity contribution in [2.75, 3.05) is 13.2 Å². The smallest absolute Gasteiger partial charge is 0.416 e. The Balaban J connectivity index is 0.000000300. The molecule has 168 valence electrons. The van der Waals surface area contributed by atoms with Crippen LogP contribution in [0.2, 0.25) is 0 Å². The molecule has 3 aromatic rings. The van der Waals surface area contributed by atoms with Crippen molar-refractivity contribution in [2.24, 2.45) is 0 Å². The molecule has 0 radical (unpaired) electrons. The number of amides is 2. The molecule has 0 saturated carbocycles. The number of halogens is 2. The van der Waals surface area contributed by atoms with E-state index in [2.05, 4.69) is 39.6 Å². The molecule has 5 nitrogen and oxygen atoms in total. The van der Waals surface area contributed by atoms with Crippen LogP contribution in [0, 0.1) is 12.7 Å². The van der Waals surface area contributed by atoms with Gasteiger partial charge >= 0.3 is 6.09 Å². The van der Waals surface area contributed by atoms with Crippen LogP contribution in [0.15, 0.2) is 53.0 Å². The summed E-state index contributed by atoms with van der Waals surface area (Å²) in [5.74, 6) is -0.445. The van der Waals surface area contributed by atoms with Gasteiger partial charge in [-0.05, 0) is 60.3 Å². The predicted molar refractivity (Wildman–Crippen MR) is 125 cm³/mol. The second-order valence-corrected chi connectivity index (χ2v) is 9.11. The topological polar surface area (TPSA) is 51.5 Å². The van der Waals surface area contributed by atoms with E-state index in [1.54, 1.807) is 0 Å². The van der Waals surface area contributed by atoms with Crippen molar-refractivity contribution in [3.8, 4) is 0 Å². The van der Waals surface area contributed by atoms with Gasteiger partial charge < -0.3 is 9.30 Å². The second kappa shape index (κ2) is 9.86. The lowest BCUT2D eigenvalue weighted by Crippen LogP contribution is -2.37. The normalized spacial score (nSPS) is 17.9. The molecule has 2 amide bonds. The molecule has 1 atom stereocenters. The molecule has 0 bridgehead atoms. The van der Waals surface area contributed by atoms with Crippen molar-refractivity contribution in [3.05, 3.63) is 70.1 Å². The molecule has 1 fully saturated rings. The fraction of sp³-hybridized carbons (Fsp3) is 0.360. The third kappa shape index (κ3) is 4.88. The average molecular weight is 501 g/mol. The summed E-state index contributed by atoms with van der Waals surface area (Å²) in [5.41, 5.74) is 3.19. The van der Waals surface area contributed by atoms with E-state index < -0.39 is 6.09 Å². The van der Waals surface area contributed by atoms with Crippen molar-refractivity contribution < 1.29 is 18.7 Å². The molecule has 32 heavy (non-hydrogen) atoms. The third-order valence-corrected chi connectivity index (χ3v) is 6.63. The van der Waals surface area contributed by atoms with Crippen molar-refractivity contribution in [1.29, 1.82) is 0 Å². The molecule has 0 aliphatic carbocycles. The number of benzene rings is 2. The maximum Gasteiger partial charge on any atom is 0.416 e. The van der Waals surface area contributed by atoms with E-state index in [0.29, 0.717) is 17.6 Å². The first kappa shape index (κ1) is 22.5. The number of hydrogen-bond acceptors (Lipinski definition) is 3. The van der Waals surface area contributed by atoms with Gasteiger partial charge in [0.25, 0.3) is 0 Å². The summed E-state index contributed by atoms with van der Waals surface area (Å²) in [5, 5.41) is 0.947. The van der Waals surface area contributed by atoms with Gasteiger partial charge in [-0.1, -0.05) is 35.9 Å². The minimum atomic E-state index is -0.536. The number of imide groups is 1. The number of nitrogens with zero attached hydrogens (tertiary/aromatic N) is 2. The van der Waals surface area contributed by atoms with Crippen LogP contribution in [0.25, 0.3) is 10.9 Å². The van der Waals surface area contributed by atoms with Crippen molar-refractivity contribution >= 4 is 38.8 Å². The SMILES string of the molecule is Cc1ccccc1.O=C(CC1CCn2c1cc1c(Br)cc(F)cc12)N1CCCCOC1=O. The van der Waals surface area contributed by atoms with Gasteiger partial charge in [0.15, 0.2) is 0 Å². The first-order valence-corrected chi connectivity index (χ1v) is 11.7. The highest BCUT2D eigenvalue weighted by Gasteiger charge is 2.32. The summed E-state index contributed by atoms with van der Waals surface area (Å²) >= 11 is 3.41. The molecule has 7 heteroatoms. The summed E-state index contributed by atoms with van der Waals surface area (Å²) in [6, 6.07) is 15.3. The number of carbonyl (C=O) groups excluding carboxylic acids is 2. The molecular formula is C25H26BrFN2O3. The van der Waals surface area contributed by atoms with Gasteiger partial charge in [0.05, 0.1) is 12.1 Å². The van der Waals surface area contributed by atoms with Crippen LogP contribution in [0.3, 0.4) is 0 Å². The molecule has 5 rings (SSSR count). The minimum absolute atomic E-state index is 0.0333. The minimum Gasteiger partial charge on any atom is -0.449 e. The lowest BCUT2D eigenvalue weighted by atomic mass is 9.99. The fourth-order valence-corrected chi connectivity index (χ4v) is 4.85. The Morgan fingerprint density at radius 2 is 1.94 bits per heavy atom. The molecule has 1 unspecified atom stereocenters. The number of aryl methyl sites for hydroxylation is 2. The number of carbonyl (C=O) groups is 2. The van der Waals surface area contributed by atoms with E-state index in [4.69, 9.17) is 4.74 Å². The summed E-state index contributed by atoms with van der Waals surface area (Å²) in [7, 11) is 0. The van der Waals surface area contributed by atoms with Gasteiger partial charge in [-0.15, -0.1) is 0 Å². The van der Waals surface area contributed by atoms with Gasteiger partial charge in [0.1, 0.15) is 5.82 Å². The van der Waals surface area contributed by atoms with Gasteiger partial charge in [-0.25, -0.2) is 14.1 Å². The fourth-order valence-electron chi connectivity index (χ4n) is 4.31. The second-order valence-electron chi connectivity index (χ2n) is 8.25. The molecule has 0 N–H and O–H groups in total. The number of aromatic nitrogens is 1. The Kier molecular flexibility index (Phi) is 6.94. The number of hydrogen-bond donors (Lipinski definition) is 0. The summed E-state index contributed by atoms with van der Waals surface area (Å²) in [6.07, 6.45) is 2.10. The van der Waals surface area contributed by atoms with E-state index in [1.165, 1.54) is 22.6 Å². The van der Waals surface area contributed by atoms with Crippen LogP contribution >= 0.6 is 15.9 Å². The van der Waals surface area contributed by atoms with E-state index in [0.717, 1.165) is 42.4 Å². The quantitative estimate of drug-likeness (QED) is 0.422. The first-order chi connectivity index (χ1) is 15.4. The van der Waals surface area contributed by atoms with Gasteiger partial charge in [-0.3, -0.25) is 4.79 Å². The van der Waals surface area contributed by atoms with Crippen LogP contribution < -0.4 is 0 Å². The van der Waals surface area contributed by atoms with Crippen molar-refractivity contribution in [2.45, 2.75) is 45.1 Å². The maximum atomic E-state index is 13.7. The predicted octanol–water partition coefficient (Wildman–Crippen LogP) is 6.17. The van der Waals surface area contributed by atoms with Crippen LogP contribution in [0.4, 0.5) is 9.18 Å². The van der Waals surface area contributed by atoms with Gasteiger partial charge in [0.2, 0.25) is 5.91 Å². The van der Waals surface area contributed by atoms with Gasteiger partial charge in [0, 0.05) is 41.0 Å².